The van der Waals surface area contributed by atoms with Crippen LogP contribution >= 0.6 is 24.0 Å². The molecule has 1 aromatic heterocycles. The fourth-order valence-corrected chi connectivity index (χ4v) is 2.19. The Morgan fingerprint density at radius 2 is 2.21 bits per heavy atom. The van der Waals surface area contributed by atoms with E-state index in [1.165, 1.54) is 17.4 Å². The molecule has 0 N–H and O–H groups in total. The van der Waals surface area contributed by atoms with Crippen molar-refractivity contribution in [2.45, 2.75) is 11.9 Å². The van der Waals surface area contributed by atoms with Gasteiger partial charge < -0.3 is 0 Å². The normalized spacial score (nSPS) is 10.5. The molecule has 0 amide bonds. The van der Waals surface area contributed by atoms with Crippen molar-refractivity contribution in [3.8, 4) is 10.6 Å². The van der Waals surface area contributed by atoms with E-state index in [9.17, 15) is 4.39 Å². The number of benzene rings is 1. The number of rotatable bonds is 1. The van der Waals surface area contributed by atoms with Gasteiger partial charge in [0.2, 0.25) is 0 Å². The van der Waals surface area contributed by atoms with Crippen LogP contribution in [-0.2, 0) is 0 Å². The molecule has 14 heavy (non-hydrogen) atoms. The summed E-state index contributed by atoms with van der Waals surface area (Å²) in [5.74, 6) is -0.184. The zero-order valence-electron chi connectivity index (χ0n) is 7.49. The van der Waals surface area contributed by atoms with E-state index in [0.29, 0.717) is 10.6 Å². The number of halogens is 1. The van der Waals surface area contributed by atoms with Gasteiger partial charge in [0.05, 0.1) is 0 Å². The van der Waals surface area contributed by atoms with E-state index < -0.39 is 0 Å². The Balaban J connectivity index is 2.47. The highest BCUT2D eigenvalue weighted by Crippen LogP contribution is 2.26. The molecule has 0 radical (unpaired) electrons. The largest absolute Gasteiger partial charge is 0.230 e. The predicted molar refractivity (Wildman–Crippen MR) is 59.5 cm³/mol. The van der Waals surface area contributed by atoms with Crippen molar-refractivity contribution >= 4 is 24.0 Å². The molecular weight excluding hydrogens is 217 g/mol. The van der Waals surface area contributed by atoms with Gasteiger partial charge in [0.25, 0.3) is 0 Å². The standard InChI is InChI=1S/C10H8FNS2/c1-6-4-7(2-3-8(6)11)10-12-9(13)5-14-10/h2-5,13H,1H3. The molecular formula is C10H8FNS2. The molecule has 72 valence electrons. The fraction of sp³-hybridized carbons (Fsp3) is 0.100. The molecule has 0 aliphatic heterocycles. The molecule has 1 heterocycles. The lowest BCUT2D eigenvalue weighted by Crippen LogP contribution is -1.83. The Hall–Kier alpha value is -0.870. The quantitative estimate of drug-likeness (QED) is 0.732. The van der Waals surface area contributed by atoms with E-state index in [0.717, 1.165) is 10.6 Å². The highest BCUT2D eigenvalue weighted by molar-refractivity contribution is 7.80. The predicted octanol–water partition coefficient (Wildman–Crippen LogP) is 3.55. The van der Waals surface area contributed by atoms with E-state index in [1.54, 1.807) is 19.1 Å². The SMILES string of the molecule is Cc1cc(-c2nc(S)cs2)ccc1F. The maximum absolute atomic E-state index is 13.0. The van der Waals surface area contributed by atoms with Crippen LogP contribution in [0.15, 0.2) is 28.6 Å². The van der Waals surface area contributed by atoms with Crippen molar-refractivity contribution in [2.75, 3.05) is 0 Å². The maximum Gasteiger partial charge on any atom is 0.126 e. The second kappa shape index (κ2) is 3.71. The summed E-state index contributed by atoms with van der Waals surface area (Å²) in [6.45, 7) is 1.74. The lowest BCUT2D eigenvalue weighted by Gasteiger charge is -1.99. The topological polar surface area (TPSA) is 12.9 Å². The second-order valence-corrected chi connectivity index (χ2v) is 4.29. The minimum absolute atomic E-state index is 0.184. The third kappa shape index (κ3) is 1.81. The lowest BCUT2D eigenvalue weighted by molar-refractivity contribution is 0.619. The number of thiol groups is 1. The highest BCUT2D eigenvalue weighted by atomic mass is 32.1. The monoisotopic (exact) mass is 225 g/mol. The van der Waals surface area contributed by atoms with Crippen LogP contribution in [0.25, 0.3) is 10.6 Å². The first-order valence-corrected chi connectivity index (χ1v) is 5.40. The van der Waals surface area contributed by atoms with Crippen LogP contribution in [-0.4, -0.2) is 4.98 Å². The van der Waals surface area contributed by atoms with Gasteiger partial charge in [0.1, 0.15) is 15.9 Å². The maximum atomic E-state index is 13.0. The van der Waals surface area contributed by atoms with E-state index in [-0.39, 0.29) is 5.82 Å². The van der Waals surface area contributed by atoms with Crippen molar-refractivity contribution in [1.29, 1.82) is 0 Å². The van der Waals surface area contributed by atoms with E-state index in [1.807, 2.05) is 5.38 Å². The average Bonchev–Trinajstić information content (AvgIpc) is 2.57. The molecule has 0 bridgehead atoms. The van der Waals surface area contributed by atoms with Gasteiger partial charge in [-0.05, 0) is 30.7 Å². The lowest BCUT2D eigenvalue weighted by atomic mass is 10.1. The highest BCUT2D eigenvalue weighted by Gasteiger charge is 2.04. The molecule has 0 unspecified atom stereocenters. The first-order valence-electron chi connectivity index (χ1n) is 4.08. The molecule has 2 rings (SSSR count). The summed E-state index contributed by atoms with van der Waals surface area (Å²) in [6, 6.07) is 4.99. The molecule has 0 aliphatic rings. The van der Waals surface area contributed by atoms with Crippen LogP contribution < -0.4 is 0 Å². The van der Waals surface area contributed by atoms with E-state index in [4.69, 9.17) is 0 Å². The second-order valence-electron chi connectivity index (χ2n) is 2.97. The van der Waals surface area contributed by atoms with Crippen molar-refractivity contribution in [3.05, 3.63) is 35.0 Å². The number of hydrogen-bond acceptors (Lipinski definition) is 3. The smallest absolute Gasteiger partial charge is 0.126 e. The molecule has 2 aromatic rings. The summed E-state index contributed by atoms with van der Waals surface area (Å²) in [5, 5.41) is 3.43. The first-order chi connectivity index (χ1) is 6.66. The van der Waals surface area contributed by atoms with Crippen LogP contribution in [0.2, 0.25) is 0 Å². The minimum Gasteiger partial charge on any atom is -0.230 e. The van der Waals surface area contributed by atoms with Crippen LogP contribution in [0.4, 0.5) is 4.39 Å². The third-order valence-electron chi connectivity index (χ3n) is 1.90. The molecule has 0 spiro atoms. The van der Waals surface area contributed by atoms with Gasteiger partial charge in [0, 0.05) is 10.9 Å². The van der Waals surface area contributed by atoms with Gasteiger partial charge in [-0.3, -0.25) is 0 Å². The molecule has 0 atom stereocenters. The van der Waals surface area contributed by atoms with Gasteiger partial charge in [0.15, 0.2) is 0 Å². The number of hydrogen-bond donors (Lipinski definition) is 1. The molecule has 0 aliphatic carbocycles. The van der Waals surface area contributed by atoms with Crippen LogP contribution in [0.1, 0.15) is 5.56 Å². The molecule has 1 nitrogen and oxygen atoms in total. The third-order valence-corrected chi connectivity index (χ3v) is 3.19. The summed E-state index contributed by atoms with van der Waals surface area (Å²) < 4.78 is 13.0. The number of nitrogens with zero attached hydrogens (tertiary/aromatic N) is 1. The Kier molecular flexibility index (Phi) is 2.56. The Morgan fingerprint density at radius 3 is 2.79 bits per heavy atom. The van der Waals surface area contributed by atoms with Gasteiger partial charge in [-0.25, -0.2) is 9.37 Å². The Morgan fingerprint density at radius 1 is 1.43 bits per heavy atom. The van der Waals surface area contributed by atoms with Crippen molar-refractivity contribution < 1.29 is 4.39 Å². The minimum atomic E-state index is -0.184. The molecule has 4 heteroatoms. The summed E-state index contributed by atoms with van der Waals surface area (Å²) in [6.07, 6.45) is 0. The van der Waals surface area contributed by atoms with Crippen LogP contribution in [0.5, 0.6) is 0 Å². The summed E-state index contributed by atoms with van der Waals surface area (Å²) in [4.78, 5) is 4.21. The average molecular weight is 225 g/mol. The van der Waals surface area contributed by atoms with E-state index in [2.05, 4.69) is 17.6 Å². The van der Waals surface area contributed by atoms with Gasteiger partial charge >= 0.3 is 0 Å². The number of thiazole rings is 1. The van der Waals surface area contributed by atoms with Gasteiger partial charge in [-0.2, -0.15) is 0 Å². The summed E-state index contributed by atoms with van der Waals surface area (Å²) in [7, 11) is 0. The Labute approximate surface area is 91.0 Å². The Bertz CT molecular complexity index is 465. The summed E-state index contributed by atoms with van der Waals surface area (Å²) in [5.41, 5.74) is 1.58. The molecule has 1 aromatic carbocycles. The van der Waals surface area contributed by atoms with Crippen molar-refractivity contribution in [2.24, 2.45) is 0 Å². The molecule has 0 saturated carbocycles. The number of aromatic nitrogens is 1. The van der Waals surface area contributed by atoms with Crippen molar-refractivity contribution in [3.63, 3.8) is 0 Å². The zero-order chi connectivity index (χ0) is 10.1. The first kappa shape index (κ1) is 9.68. The zero-order valence-corrected chi connectivity index (χ0v) is 9.20. The number of aryl methyl sites for hydroxylation is 1. The summed E-state index contributed by atoms with van der Waals surface area (Å²) >= 11 is 5.63. The van der Waals surface area contributed by atoms with Crippen LogP contribution in [0, 0.1) is 12.7 Å². The molecule has 0 fully saturated rings. The van der Waals surface area contributed by atoms with E-state index >= 15 is 0 Å². The van der Waals surface area contributed by atoms with Crippen molar-refractivity contribution in [1.82, 2.24) is 4.98 Å². The molecule has 0 saturated heterocycles. The van der Waals surface area contributed by atoms with Gasteiger partial charge in [-0.15, -0.1) is 24.0 Å². The van der Waals surface area contributed by atoms with Gasteiger partial charge in [-0.1, -0.05) is 0 Å². The fourth-order valence-electron chi connectivity index (χ4n) is 1.18. The van der Waals surface area contributed by atoms with Crippen LogP contribution in [0.3, 0.4) is 0 Å².